The van der Waals surface area contributed by atoms with Crippen LogP contribution in [0, 0.1) is 0 Å². The lowest BCUT2D eigenvalue weighted by Crippen LogP contribution is -2.29. The number of likely N-dealkylation sites (tertiary alicyclic amines) is 1. The number of fused-ring (bicyclic) bond motifs is 1. The number of carbonyl (C=O) groups is 1. The summed E-state index contributed by atoms with van der Waals surface area (Å²) >= 11 is 1.43. The monoisotopic (exact) mass is 326 g/mol. The van der Waals surface area contributed by atoms with E-state index in [1.165, 1.54) is 23.7 Å². The van der Waals surface area contributed by atoms with E-state index in [4.69, 9.17) is 5.73 Å². The van der Waals surface area contributed by atoms with E-state index in [9.17, 15) is 4.79 Å². The lowest BCUT2D eigenvalue weighted by molar-refractivity contribution is 0.0784. The summed E-state index contributed by atoms with van der Waals surface area (Å²) in [6.07, 6.45) is 5.47. The van der Waals surface area contributed by atoms with Crippen molar-refractivity contribution in [1.29, 1.82) is 0 Å². The number of nitrogens with two attached hydrogens (primary N) is 1. The number of rotatable bonds is 2. The third kappa shape index (κ3) is 2.61. The quantitative estimate of drug-likeness (QED) is 0.769. The normalized spacial score (nSPS) is 17.7. The predicted molar refractivity (Wildman–Crippen MR) is 87.1 cm³/mol. The van der Waals surface area contributed by atoms with Crippen molar-refractivity contribution in [1.82, 2.24) is 24.8 Å². The molecular formula is C15H14N6OS. The van der Waals surface area contributed by atoms with Gasteiger partial charge in [0.2, 0.25) is 0 Å². The maximum Gasteiger partial charge on any atom is 0.274 e. The molecule has 1 aliphatic rings. The van der Waals surface area contributed by atoms with Crippen LogP contribution in [0.5, 0.6) is 0 Å². The van der Waals surface area contributed by atoms with Gasteiger partial charge in [0.25, 0.3) is 5.91 Å². The Bertz CT molecular complexity index is 865. The second-order valence-corrected chi connectivity index (χ2v) is 6.50. The fourth-order valence-electron chi connectivity index (χ4n) is 2.83. The molecule has 116 valence electrons. The molecule has 1 aliphatic heterocycles. The Labute approximate surface area is 136 Å². The molecule has 8 heteroatoms. The lowest BCUT2D eigenvalue weighted by atomic mass is 10.0. The molecule has 7 nitrogen and oxygen atoms in total. The highest BCUT2D eigenvalue weighted by molar-refractivity contribution is 7.21. The number of aromatic nitrogens is 4. The molecule has 1 atom stereocenters. The maximum atomic E-state index is 12.4. The van der Waals surface area contributed by atoms with Crippen LogP contribution in [0.15, 0.2) is 30.7 Å². The third-order valence-electron chi connectivity index (χ3n) is 3.97. The van der Waals surface area contributed by atoms with Gasteiger partial charge in [0.05, 0.1) is 10.9 Å². The molecule has 3 aromatic rings. The van der Waals surface area contributed by atoms with Crippen molar-refractivity contribution < 1.29 is 4.79 Å². The number of nitrogen functional groups attached to an aromatic ring is 1. The fraction of sp³-hybridized carbons (Fsp3) is 0.267. The minimum atomic E-state index is -0.0837. The van der Waals surface area contributed by atoms with Gasteiger partial charge in [-0.15, -0.1) is 0 Å². The first-order valence-corrected chi connectivity index (χ1v) is 8.10. The molecule has 0 spiro atoms. The van der Waals surface area contributed by atoms with E-state index in [2.05, 4.69) is 19.9 Å². The Morgan fingerprint density at radius 1 is 1.30 bits per heavy atom. The van der Waals surface area contributed by atoms with E-state index >= 15 is 0 Å². The molecule has 1 saturated heterocycles. The van der Waals surface area contributed by atoms with Crippen molar-refractivity contribution in [3.8, 4) is 0 Å². The van der Waals surface area contributed by atoms with Crippen molar-refractivity contribution in [3.63, 3.8) is 0 Å². The second-order valence-electron chi connectivity index (χ2n) is 5.44. The summed E-state index contributed by atoms with van der Waals surface area (Å²) in [7, 11) is 0. The maximum absolute atomic E-state index is 12.4. The Hall–Kier alpha value is -2.61. The second kappa shape index (κ2) is 5.54. The van der Waals surface area contributed by atoms with Crippen LogP contribution in [0.2, 0.25) is 0 Å². The molecular weight excluding hydrogens is 312 g/mol. The van der Waals surface area contributed by atoms with E-state index in [0.717, 1.165) is 16.8 Å². The van der Waals surface area contributed by atoms with E-state index in [1.807, 2.05) is 12.1 Å². The van der Waals surface area contributed by atoms with Gasteiger partial charge in [0, 0.05) is 37.1 Å². The van der Waals surface area contributed by atoms with E-state index in [0.29, 0.717) is 29.6 Å². The zero-order chi connectivity index (χ0) is 15.8. The SMILES string of the molecule is Nc1nc2nc([C@H]3CCN(C(=O)c4cnccn4)C3)ccc2s1. The summed E-state index contributed by atoms with van der Waals surface area (Å²) < 4.78 is 0.983. The number of carbonyl (C=O) groups excluding carboxylic acids is 1. The molecule has 1 amide bonds. The van der Waals surface area contributed by atoms with Gasteiger partial charge in [0.15, 0.2) is 10.8 Å². The Kier molecular flexibility index (Phi) is 3.38. The van der Waals surface area contributed by atoms with Gasteiger partial charge >= 0.3 is 0 Å². The smallest absolute Gasteiger partial charge is 0.274 e. The predicted octanol–water partition coefficient (Wildman–Crippen LogP) is 1.69. The molecule has 0 unspecified atom stereocenters. The van der Waals surface area contributed by atoms with Crippen LogP contribution < -0.4 is 5.73 Å². The minimum absolute atomic E-state index is 0.0837. The first kappa shape index (κ1) is 14.0. The molecule has 3 aromatic heterocycles. The highest BCUT2D eigenvalue weighted by Crippen LogP contribution is 2.29. The van der Waals surface area contributed by atoms with Crippen LogP contribution >= 0.6 is 11.3 Å². The molecule has 1 fully saturated rings. The van der Waals surface area contributed by atoms with Gasteiger partial charge in [-0.25, -0.2) is 15.0 Å². The molecule has 0 aliphatic carbocycles. The number of thiazole rings is 1. The van der Waals surface area contributed by atoms with Crippen LogP contribution in [0.3, 0.4) is 0 Å². The van der Waals surface area contributed by atoms with E-state index in [-0.39, 0.29) is 11.8 Å². The number of nitrogens with zero attached hydrogens (tertiary/aromatic N) is 5. The van der Waals surface area contributed by atoms with Crippen molar-refractivity contribution >= 4 is 32.7 Å². The molecule has 2 N–H and O–H groups in total. The van der Waals surface area contributed by atoms with Crippen molar-refractivity contribution in [2.24, 2.45) is 0 Å². The highest BCUT2D eigenvalue weighted by atomic mass is 32.1. The Balaban J connectivity index is 1.54. The highest BCUT2D eigenvalue weighted by Gasteiger charge is 2.29. The molecule has 4 heterocycles. The van der Waals surface area contributed by atoms with Crippen LogP contribution in [0.4, 0.5) is 5.13 Å². The minimum Gasteiger partial charge on any atom is -0.375 e. The molecule has 23 heavy (non-hydrogen) atoms. The summed E-state index contributed by atoms with van der Waals surface area (Å²) in [6.45, 7) is 1.33. The number of hydrogen-bond donors (Lipinski definition) is 1. The van der Waals surface area contributed by atoms with Gasteiger partial charge in [-0.05, 0) is 18.6 Å². The van der Waals surface area contributed by atoms with Crippen LogP contribution in [-0.2, 0) is 0 Å². The largest absolute Gasteiger partial charge is 0.375 e. The van der Waals surface area contributed by atoms with Gasteiger partial charge in [-0.1, -0.05) is 11.3 Å². The van der Waals surface area contributed by atoms with Gasteiger partial charge in [0.1, 0.15) is 5.69 Å². The van der Waals surface area contributed by atoms with Crippen LogP contribution in [-0.4, -0.2) is 43.8 Å². The molecule has 0 bridgehead atoms. The zero-order valence-electron chi connectivity index (χ0n) is 12.2. The van der Waals surface area contributed by atoms with Gasteiger partial charge < -0.3 is 10.6 Å². The number of pyridine rings is 1. The molecule has 0 radical (unpaired) electrons. The molecule has 0 aromatic carbocycles. The van der Waals surface area contributed by atoms with Crippen molar-refractivity contribution in [2.45, 2.75) is 12.3 Å². The standard InChI is InChI=1S/C15H14N6OS/c16-15-20-13-12(23-15)2-1-10(19-13)9-3-6-21(8-9)14(22)11-7-17-4-5-18-11/h1-2,4-5,7,9H,3,6,8H2,(H2,16,19,20)/t9-/m0/s1. The lowest BCUT2D eigenvalue weighted by Gasteiger charge is -2.15. The number of amides is 1. The topological polar surface area (TPSA) is 97.9 Å². The molecule has 0 saturated carbocycles. The van der Waals surface area contributed by atoms with Crippen molar-refractivity contribution in [2.75, 3.05) is 18.8 Å². The number of hydrogen-bond acceptors (Lipinski definition) is 7. The summed E-state index contributed by atoms with van der Waals surface area (Å²) in [5.41, 5.74) is 7.74. The Morgan fingerprint density at radius 3 is 3.04 bits per heavy atom. The summed E-state index contributed by atoms with van der Waals surface area (Å²) in [6, 6.07) is 4.00. The van der Waals surface area contributed by atoms with Crippen molar-refractivity contribution in [3.05, 3.63) is 42.1 Å². The average molecular weight is 326 g/mol. The average Bonchev–Trinajstić information content (AvgIpc) is 3.19. The first-order valence-electron chi connectivity index (χ1n) is 7.29. The van der Waals surface area contributed by atoms with E-state index in [1.54, 1.807) is 11.1 Å². The Morgan fingerprint density at radius 2 is 2.22 bits per heavy atom. The summed E-state index contributed by atoms with van der Waals surface area (Å²) in [5.74, 6) is 0.127. The van der Waals surface area contributed by atoms with Gasteiger partial charge in [-0.2, -0.15) is 0 Å². The van der Waals surface area contributed by atoms with E-state index < -0.39 is 0 Å². The summed E-state index contributed by atoms with van der Waals surface area (Å²) in [5, 5.41) is 0.524. The third-order valence-corrected chi connectivity index (χ3v) is 4.81. The molecule has 4 rings (SSSR count). The zero-order valence-corrected chi connectivity index (χ0v) is 13.0. The van der Waals surface area contributed by atoms with Crippen LogP contribution in [0.1, 0.15) is 28.5 Å². The first-order chi connectivity index (χ1) is 11.2. The van der Waals surface area contributed by atoms with Crippen LogP contribution in [0.25, 0.3) is 10.3 Å². The number of anilines is 1. The summed E-state index contributed by atoms with van der Waals surface area (Å²) in [4.78, 5) is 31.1. The fourth-order valence-corrected chi connectivity index (χ4v) is 3.51. The van der Waals surface area contributed by atoms with Gasteiger partial charge in [-0.3, -0.25) is 9.78 Å².